The first kappa shape index (κ1) is 25.2. The van der Waals surface area contributed by atoms with Crippen LogP contribution in [-0.4, -0.2) is 22.4 Å². The Hall–Kier alpha value is -1.46. The zero-order chi connectivity index (χ0) is 23.6. The van der Waals surface area contributed by atoms with Gasteiger partial charge in [-0.25, -0.2) is 4.39 Å². The van der Waals surface area contributed by atoms with Crippen molar-refractivity contribution in [1.82, 2.24) is 4.31 Å². The van der Waals surface area contributed by atoms with E-state index in [1.807, 2.05) is 26.0 Å². The van der Waals surface area contributed by atoms with Gasteiger partial charge in [0.1, 0.15) is 5.67 Å². The lowest BCUT2D eigenvalue weighted by Crippen LogP contribution is -2.34. The predicted molar refractivity (Wildman–Crippen MR) is 134 cm³/mol. The first-order valence-corrected chi connectivity index (χ1v) is 12.2. The van der Waals surface area contributed by atoms with Gasteiger partial charge >= 0.3 is 0 Å². The molecule has 0 saturated heterocycles. The second-order valence-corrected chi connectivity index (χ2v) is 10.7. The van der Waals surface area contributed by atoms with Crippen molar-refractivity contribution in [2.24, 2.45) is 5.92 Å². The molecule has 0 spiro atoms. The lowest BCUT2D eigenvalue weighted by atomic mass is 9.97. The van der Waals surface area contributed by atoms with Crippen LogP contribution in [-0.2, 0) is 4.79 Å². The van der Waals surface area contributed by atoms with E-state index >= 15 is 4.39 Å². The van der Waals surface area contributed by atoms with Gasteiger partial charge in [-0.2, -0.15) is 0 Å². The molecule has 1 saturated carbocycles. The van der Waals surface area contributed by atoms with E-state index < -0.39 is 11.6 Å². The third-order valence-electron chi connectivity index (χ3n) is 5.36. The summed E-state index contributed by atoms with van der Waals surface area (Å²) in [4.78, 5) is 14.6. The van der Waals surface area contributed by atoms with E-state index in [1.165, 1.54) is 11.9 Å². The molecule has 0 radical (unpaired) electrons. The maximum absolute atomic E-state index is 16.3. The minimum Gasteiger partial charge on any atom is -0.278 e. The first-order valence-electron chi connectivity index (χ1n) is 10.3. The number of amides is 1. The van der Waals surface area contributed by atoms with E-state index in [4.69, 9.17) is 34.8 Å². The van der Waals surface area contributed by atoms with Crippen LogP contribution in [0.5, 0.6) is 0 Å². The fraction of sp³-hybridized carbons (Fsp3) is 0.320. The van der Waals surface area contributed by atoms with Gasteiger partial charge in [0.15, 0.2) is 0 Å². The number of hydrogen-bond donors (Lipinski definition) is 0. The number of carbonyl (C=O) groups excluding carboxylic acids is 1. The van der Waals surface area contributed by atoms with Crippen LogP contribution in [0.2, 0.25) is 15.1 Å². The third kappa shape index (κ3) is 5.53. The number of benzene rings is 2. The van der Waals surface area contributed by atoms with Gasteiger partial charge in [-0.05, 0) is 78.7 Å². The maximum atomic E-state index is 16.3. The molecule has 2 aromatic carbocycles. The van der Waals surface area contributed by atoms with Gasteiger partial charge in [0, 0.05) is 22.4 Å². The zero-order valence-corrected chi connectivity index (χ0v) is 21.3. The fourth-order valence-electron chi connectivity index (χ4n) is 3.64. The molecule has 2 atom stereocenters. The fourth-order valence-corrected chi connectivity index (χ4v) is 5.13. The molecule has 0 N–H and O–H groups in total. The van der Waals surface area contributed by atoms with Crippen LogP contribution in [0.4, 0.5) is 4.39 Å². The molecule has 2 nitrogen and oxygen atoms in total. The molecular weight excluding hydrogens is 488 g/mol. The number of nitrogens with zero attached hydrogens (tertiary/aromatic N) is 1. The summed E-state index contributed by atoms with van der Waals surface area (Å²) in [7, 11) is 0. The summed E-state index contributed by atoms with van der Waals surface area (Å²) in [6, 6.07) is 12.3. The molecule has 2 unspecified atom stereocenters. The number of carbonyl (C=O) groups is 1. The van der Waals surface area contributed by atoms with Crippen LogP contribution in [0.1, 0.15) is 38.7 Å². The monoisotopic (exact) mass is 511 g/mol. The number of allylic oxidation sites excluding steroid dienone is 2. The van der Waals surface area contributed by atoms with Crippen molar-refractivity contribution in [3.05, 3.63) is 86.9 Å². The highest BCUT2D eigenvalue weighted by atomic mass is 35.5. The van der Waals surface area contributed by atoms with Gasteiger partial charge in [0.25, 0.3) is 5.91 Å². The first-order chi connectivity index (χ1) is 15.1. The Bertz CT molecular complexity index is 1050. The molecule has 7 heteroatoms. The predicted octanol–water partition coefficient (Wildman–Crippen LogP) is 8.54. The van der Waals surface area contributed by atoms with Crippen LogP contribution in [0, 0.1) is 5.92 Å². The zero-order valence-electron chi connectivity index (χ0n) is 18.2. The van der Waals surface area contributed by atoms with Gasteiger partial charge in [0.05, 0.1) is 15.6 Å². The van der Waals surface area contributed by atoms with Crippen molar-refractivity contribution >= 4 is 52.7 Å². The van der Waals surface area contributed by atoms with Gasteiger partial charge in [-0.1, -0.05) is 67.4 Å². The van der Waals surface area contributed by atoms with E-state index in [9.17, 15) is 4.79 Å². The second-order valence-electron chi connectivity index (χ2n) is 8.36. The summed E-state index contributed by atoms with van der Waals surface area (Å²) in [5.41, 5.74) is -0.386. The van der Waals surface area contributed by atoms with Gasteiger partial charge in [-0.15, -0.1) is 0 Å². The second kappa shape index (κ2) is 10.2. The highest BCUT2D eigenvalue weighted by molar-refractivity contribution is 7.97. The molecule has 1 aliphatic rings. The normalized spacial score (nSPS) is 20.7. The highest BCUT2D eigenvalue weighted by Gasteiger charge is 2.61. The molecule has 1 amide bonds. The van der Waals surface area contributed by atoms with Crippen molar-refractivity contribution in [2.45, 2.75) is 43.7 Å². The van der Waals surface area contributed by atoms with Gasteiger partial charge in [-0.3, -0.25) is 9.10 Å². The molecule has 2 aromatic rings. The molecule has 1 fully saturated rings. The highest BCUT2D eigenvalue weighted by Crippen LogP contribution is 2.60. The summed E-state index contributed by atoms with van der Waals surface area (Å²) in [5, 5.41) is 1.40. The molecular formula is C25H25Cl3FNOS. The van der Waals surface area contributed by atoms with Gasteiger partial charge in [0.2, 0.25) is 0 Å². The van der Waals surface area contributed by atoms with E-state index in [1.54, 1.807) is 47.6 Å². The van der Waals surface area contributed by atoms with Crippen LogP contribution >= 0.6 is 46.8 Å². The Kier molecular flexibility index (Phi) is 8.03. The van der Waals surface area contributed by atoms with Crippen LogP contribution in [0.25, 0.3) is 0 Å². The maximum Gasteiger partial charge on any atom is 0.263 e. The van der Waals surface area contributed by atoms with Crippen molar-refractivity contribution < 1.29 is 9.18 Å². The Balaban J connectivity index is 1.94. The summed E-state index contributed by atoms with van der Waals surface area (Å²) in [6.07, 6.45) is 1.75. The Morgan fingerprint density at radius 3 is 2.44 bits per heavy atom. The minimum atomic E-state index is -1.79. The standard InChI is InChI=1S/C25H25Cl3FNOS/c1-5-16(4)23(25(29)13-20(25)17-6-11-21(27)22(28)12-17)24(31)30(14-15(2)3)32-19-9-7-18(26)8-10-19/h5-12,15,20H,1,13-14H2,2-4H3. The van der Waals surface area contributed by atoms with Crippen LogP contribution in [0.15, 0.2) is 71.2 Å². The van der Waals surface area contributed by atoms with Crippen LogP contribution < -0.4 is 0 Å². The number of rotatable bonds is 8. The van der Waals surface area contributed by atoms with E-state index in [-0.39, 0.29) is 23.8 Å². The smallest absolute Gasteiger partial charge is 0.263 e. The Morgan fingerprint density at radius 1 is 1.22 bits per heavy atom. The lowest BCUT2D eigenvalue weighted by molar-refractivity contribution is -0.123. The average Bonchev–Trinajstić information content (AvgIpc) is 3.42. The summed E-state index contributed by atoms with van der Waals surface area (Å²) in [6.45, 7) is 10.0. The molecule has 32 heavy (non-hydrogen) atoms. The largest absolute Gasteiger partial charge is 0.278 e. The number of hydrogen-bond acceptors (Lipinski definition) is 2. The van der Waals surface area contributed by atoms with Crippen LogP contribution in [0.3, 0.4) is 0 Å². The quantitative estimate of drug-likeness (QED) is 0.201. The topological polar surface area (TPSA) is 20.3 Å². The Morgan fingerprint density at radius 2 is 1.88 bits per heavy atom. The Labute approximate surface area is 208 Å². The third-order valence-corrected chi connectivity index (χ3v) is 7.37. The summed E-state index contributed by atoms with van der Waals surface area (Å²) in [5.74, 6) is -0.613. The van der Waals surface area contributed by atoms with Crippen molar-refractivity contribution in [1.29, 1.82) is 0 Å². The molecule has 3 rings (SSSR count). The minimum absolute atomic E-state index is 0.144. The average molecular weight is 513 g/mol. The SMILES string of the molecule is C=CC(C)=C(C(=O)N(CC(C)C)Sc1ccc(Cl)cc1)C1(F)CC1c1ccc(Cl)c(Cl)c1. The molecule has 0 heterocycles. The number of halogens is 4. The van der Waals surface area contributed by atoms with E-state index in [0.717, 1.165) is 10.5 Å². The molecule has 170 valence electrons. The number of alkyl halides is 1. The van der Waals surface area contributed by atoms with E-state index in [0.29, 0.717) is 27.2 Å². The van der Waals surface area contributed by atoms with Crippen molar-refractivity contribution in [3.8, 4) is 0 Å². The van der Waals surface area contributed by atoms with E-state index in [2.05, 4.69) is 6.58 Å². The van der Waals surface area contributed by atoms with Crippen molar-refractivity contribution in [2.75, 3.05) is 6.54 Å². The van der Waals surface area contributed by atoms with Gasteiger partial charge < -0.3 is 0 Å². The molecule has 0 bridgehead atoms. The molecule has 0 aliphatic heterocycles. The van der Waals surface area contributed by atoms with Crippen molar-refractivity contribution in [3.63, 3.8) is 0 Å². The molecule has 0 aromatic heterocycles. The summed E-state index contributed by atoms with van der Waals surface area (Å²) >= 11 is 19.4. The molecule has 1 aliphatic carbocycles. The summed E-state index contributed by atoms with van der Waals surface area (Å²) < 4.78 is 17.9. The lowest BCUT2D eigenvalue weighted by Gasteiger charge is -2.27.